The minimum atomic E-state index is 0.649. The lowest BCUT2D eigenvalue weighted by atomic mass is 10.2. The van der Waals surface area contributed by atoms with Gasteiger partial charge in [0.2, 0.25) is 0 Å². The van der Waals surface area contributed by atoms with E-state index in [2.05, 4.69) is 11.6 Å². The number of hydrogen-bond acceptors (Lipinski definition) is 4. The van der Waals surface area contributed by atoms with E-state index in [1.54, 1.807) is 0 Å². The molecule has 102 valence electrons. The van der Waals surface area contributed by atoms with E-state index < -0.39 is 0 Å². The Balaban J connectivity index is 2.61. The summed E-state index contributed by atoms with van der Waals surface area (Å²) in [6.07, 6.45) is 3.29. The van der Waals surface area contributed by atoms with E-state index in [1.165, 1.54) is 12.2 Å². The first-order chi connectivity index (χ1) is 8.81. The molecule has 0 radical (unpaired) electrons. The van der Waals surface area contributed by atoms with Gasteiger partial charge >= 0.3 is 0 Å². The van der Waals surface area contributed by atoms with Crippen LogP contribution in [0, 0.1) is 0 Å². The molecular weight excluding hydrogens is 246 g/mol. The van der Waals surface area contributed by atoms with E-state index in [0.717, 1.165) is 23.7 Å². The predicted molar refractivity (Wildman–Crippen MR) is 80.3 cm³/mol. The van der Waals surface area contributed by atoms with E-state index >= 15 is 0 Å². The number of rotatable bonds is 9. The van der Waals surface area contributed by atoms with E-state index in [0.29, 0.717) is 13.2 Å². The van der Waals surface area contributed by atoms with Crippen LogP contribution in [0.1, 0.15) is 20.3 Å². The number of hydrogen-bond donors (Lipinski definition) is 1. The normalized spacial score (nSPS) is 10.2. The fraction of sp³-hybridized carbons (Fsp3) is 0.571. The molecule has 0 heterocycles. The Labute approximate surface area is 114 Å². The Hall–Kier alpha value is -1.03. The zero-order valence-corrected chi connectivity index (χ0v) is 12.3. The molecule has 0 aromatic heterocycles. The summed E-state index contributed by atoms with van der Waals surface area (Å²) in [5.74, 6) is 2.81. The Kier molecular flexibility index (Phi) is 7.49. The highest BCUT2D eigenvalue weighted by Gasteiger charge is 2.05. The Morgan fingerprint density at radius 1 is 1.11 bits per heavy atom. The van der Waals surface area contributed by atoms with Gasteiger partial charge in [0, 0.05) is 18.3 Å². The lowest BCUT2D eigenvalue weighted by Crippen LogP contribution is -2.04. The van der Waals surface area contributed by atoms with Crippen molar-refractivity contribution in [2.24, 2.45) is 0 Å². The molecule has 0 aliphatic heterocycles. The first kappa shape index (κ1) is 15.0. The summed E-state index contributed by atoms with van der Waals surface area (Å²) in [5, 5.41) is 3.40. The maximum atomic E-state index is 5.59. The van der Waals surface area contributed by atoms with E-state index in [1.807, 2.05) is 43.8 Å². The average molecular weight is 269 g/mol. The summed E-state index contributed by atoms with van der Waals surface area (Å²) in [5.41, 5.74) is 1.09. The molecule has 0 unspecified atom stereocenters. The first-order valence-corrected chi connectivity index (χ1v) is 7.83. The van der Waals surface area contributed by atoms with Crippen LogP contribution in [0.4, 0.5) is 5.69 Å². The molecular formula is C14H23NO2S. The van der Waals surface area contributed by atoms with Crippen LogP contribution in [0.5, 0.6) is 11.5 Å². The van der Waals surface area contributed by atoms with Gasteiger partial charge in [-0.3, -0.25) is 0 Å². The van der Waals surface area contributed by atoms with Crippen LogP contribution in [0.15, 0.2) is 18.2 Å². The molecule has 3 nitrogen and oxygen atoms in total. The molecule has 0 fully saturated rings. The Bertz CT molecular complexity index is 345. The molecule has 0 atom stereocenters. The fourth-order valence-corrected chi connectivity index (χ4v) is 2.04. The number of ether oxygens (including phenoxy) is 2. The minimum absolute atomic E-state index is 0.649. The van der Waals surface area contributed by atoms with Gasteiger partial charge in [-0.1, -0.05) is 0 Å². The molecule has 1 rings (SSSR count). The van der Waals surface area contributed by atoms with Crippen molar-refractivity contribution in [3.05, 3.63) is 18.2 Å². The molecule has 0 saturated heterocycles. The molecule has 0 amide bonds. The fourth-order valence-electron chi connectivity index (χ4n) is 1.61. The highest BCUT2D eigenvalue weighted by Crippen LogP contribution is 2.30. The van der Waals surface area contributed by atoms with E-state index in [4.69, 9.17) is 9.47 Å². The second-order valence-electron chi connectivity index (χ2n) is 3.80. The summed E-state index contributed by atoms with van der Waals surface area (Å²) in [4.78, 5) is 0. The summed E-state index contributed by atoms with van der Waals surface area (Å²) in [6, 6.07) is 6.01. The average Bonchev–Trinajstić information content (AvgIpc) is 2.38. The number of anilines is 1. The monoisotopic (exact) mass is 269 g/mol. The molecule has 18 heavy (non-hydrogen) atoms. The van der Waals surface area contributed by atoms with Crippen molar-refractivity contribution >= 4 is 17.4 Å². The van der Waals surface area contributed by atoms with Crippen LogP contribution in [0.3, 0.4) is 0 Å². The second kappa shape index (κ2) is 8.97. The van der Waals surface area contributed by atoms with Gasteiger partial charge < -0.3 is 14.8 Å². The topological polar surface area (TPSA) is 30.5 Å². The zero-order chi connectivity index (χ0) is 13.2. The summed E-state index contributed by atoms with van der Waals surface area (Å²) in [7, 11) is 0. The van der Waals surface area contributed by atoms with Gasteiger partial charge in [-0.15, -0.1) is 0 Å². The molecule has 0 aliphatic carbocycles. The summed E-state index contributed by atoms with van der Waals surface area (Å²) >= 11 is 1.87. The molecule has 1 N–H and O–H groups in total. The number of benzene rings is 1. The van der Waals surface area contributed by atoms with Crippen molar-refractivity contribution in [2.75, 3.05) is 37.1 Å². The zero-order valence-electron chi connectivity index (χ0n) is 11.5. The highest BCUT2D eigenvalue weighted by molar-refractivity contribution is 7.98. The Morgan fingerprint density at radius 3 is 2.50 bits per heavy atom. The van der Waals surface area contributed by atoms with Gasteiger partial charge in [0.1, 0.15) is 0 Å². The molecule has 0 saturated carbocycles. The molecule has 0 aliphatic rings. The Morgan fingerprint density at radius 2 is 1.83 bits per heavy atom. The standard InChI is InChI=1S/C14H23NO2S/c1-4-16-13-8-7-12(11-14(13)17-5-2)15-9-6-10-18-3/h7-8,11,15H,4-6,9-10H2,1-3H3. The van der Waals surface area contributed by atoms with Crippen molar-refractivity contribution in [2.45, 2.75) is 20.3 Å². The maximum absolute atomic E-state index is 5.59. The van der Waals surface area contributed by atoms with Crippen molar-refractivity contribution in [3.63, 3.8) is 0 Å². The quantitative estimate of drug-likeness (QED) is 0.693. The van der Waals surface area contributed by atoms with Gasteiger partial charge in [-0.25, -0.2) is 0 Å². The molecule has 0 spiro atoms. The summed E-state index contributed by atoms with van der Waals surface area (Å²) < 4.78 is 11.1. The third kappa shape index (κ3) is 5.08. The van der Waals surface area contributed by atoms with Crippen LogP contribution in [-0.2, 0) is 0 Å². The van der Waals surface area contributed by atoms with E-state index in [9.17, 15) is 0 Å². The summed E-state index contributed by atoms with van der Waals surface area (Å²) in [6.45, 7) is 6.25. The third-order valence-electron chi connectivity index (χ3n) is 2.40. The van der Waals surface area contributed by atoms with Crippen molar-refractivity contribution in [1.29, 1.82) is 0 Å². The molecule has 0 bridgehead atoms. The minimum Gasteiger partial charge on any atom is -0.490 e. The second-order valence-corrected chi connectivity index (χ2v) is 4.79. The SMILES string of the molecule is CCOc1ccc(NCCCSC)cc1OCC. The van der Waals surface area contributed by atoms with Gasteiger partial charge in [0.15, 0.2) is 11.5 Å². The van der Waals surface area contributed by atoms with E-state index in [-0.39, 0.29) is 0 Å². The first-order valence-electron chi connectivity index (χ1n) is 6.44. The predicted octanol–water partition coefficient (Wildman–Crippen LogP) is 3.65. The molecule has 4 heteroatoms. The van der Waals surface area contributed by atoms with Crippen LogP contribution < -0.4 is 14.8 Å². The van der Waals surface area contributed by atoms with Gasteiger partial charge in [-0.2, -0.15) is 11.8 Å². The van der Waals surface area contributed by atoms with Crippen LogP contribution in [0.2, 0.25) is 0 Å². The smallest absolute Gasteiger partial charge is 0.163 e. The largest absolute Gasteiger partial charge is 0.490 e. The van der Waals surface area contributed by atoms with Crippen LogP contribution >= 0.6 is 11.8 Å². The van der Waals surface area contributed by atoms with Crippen molar-refractivity contribution < 1.29 is 9.47 Å². The van der Waals surface area contributed by atoms with Gasteiger partial charge in [0.05, 0.1) is 13.2 Å². The number of thioether (sulfide) groups is 1. The molecule has 1 aromatic carbocycles. The van der Waals surface area contributed by atoms with Crippen molar-refractivity contribution in [1.82, 2.24) is 0 Å². The van der Waals surface area contributed by atoms with Crippen LogP contribution in [-0.4, -0.2) is 31.8 Å². The third-order valence-corrected chi connectivity index (χ3v) is 3.09. The lowest BCUT2D eigenvalue weighted by Gasteiger charge is -2.13. The molecule has 1 aromatic rings. The lowest BCUT2D eigenvalue weighted by molar-refractivity contribution is 0.288. The highest BCUT2D eigenvalue weighted by atomic mass is 32.2. The van der Waals surface area contributed by atoms with Crippen LogP contribution in [0.25, 0.3) is 0 Å². The van der Waals surface area contributed by atoms with Gasteiger partial charge in [-0.05, 0) is 44.4 Å². The van der Waals surface area contributed by atoms with Crippen molar-refractivity contribution in [3.8, 4) is 11.5 Å². The number of nitrogens with one attached hydrogen (secondary N) is 1. The van der Waals surface area contributed by atoms with Gasteiger partial charge in [0.25, 0.3) is 0 Å². The maximum Gasteiger partial charge on any atom is 0.163 e.